The van der Waals surface area contributed by atoms with Gasteiger partial charge in [0.05, 0.1) is 10.6 Å². The number of benzene rings is 2. The lowest BCUT2D eigenvalue weighted by atomic mass is 10.2. The van der Waals surface area contributed by atoms with E-state index >= 15 is 0 Å². The van der Waals surface area contributed by atoms with Crippen LogP contribution in [0, 0.1) is 12.7 Å². The van der Waals surface area contributed by atoms with Gasteiger partial charge in [0.15, 0.2) is 0 Å². The maximum absolute atomic E-state index is 13.2. The Morgan fingerprint density at radius 2 is 1.81 bits per heavy atom. The average Bonchev–Trinajstić information content (AvgIpc) is 2.44. The fraction of sp³-hybridized carbons (Fsp3) is 0.200. The zero-order valence-corrected chi connectivity index (χ0v) is 13.0. The molecular formula is C15H15ClFNO2S. The minimum absolute atomic E-state index is 0.129. The van der Waals surface area contributed by atoms with Crippen LogP contribution >= 0.6 is 11.6 Å². The second-order valence-corrected chi connectivity index (χ2v) is 6.71. The van der Waals surface area contributed by atoms with Crippen molar-refractivity contribution >= 4 is 27.3 Å². The van der Waals surface area contributed by atoms with Gasteiger partial charge in [-0.15, -0.1) is 11.6 Å². The molecule has 21 heavy (non-hydrogen) atoms. The Morgan fingerprint density at radius 3 is 2.43 bits per heavy atom. The number of rotatable bonds is 5. The van der Waals surface area contributed by atoms with Crippen molar-refractivity contribution in [2.45, 2.75) is 18.2 Å². The Balaban J connectivity index is 2.27. The van der Waals surface area contributed by atoms with Gasteiger partial charge in [-0.3, -0.25) is 4.72 Å². The minimum Gasteiger partial charge on any atom is -0.279 e. The van der Waals surface area contributed by atoms with E-state index < -0.39 is 15.8 Å². The zero-order chi connectivity index (χ0) is 15.5. The van der Waals surface area contributed by atoms with E-state index in [0.29, 0.717) is 17.9 Å². The van der Waals surface area contributed by atoms with E-state index in [0.717, 1.165) is 11.6 Å². The average molecular weight is 328 g/mol. The van der Waals surface area contributed by atoms with E-state index in [1.807, 2.05) is 0 Å². The summed E-state index contributed by atoms with van der Waals surface area (Å²) in [5.41, 5.74) is 1.85. The third-order valence-corrected chi connectivity index (χ3v) is 4.63. The molecule has 3 nitrogen and oxygen atoms in total. The molecule has 0 heterocycles. The van der Waals surface area contributed by atoms with Gasteiger partial charge in [0, 0.05) is 5.88 Å². The van der Waals surface area contributed by atoms with Gasteiger partial charge in [-0.05, 0) is 48.7 Å². The molecule has 0 aliphatic rings. The number of anilines is 1. The van der Waals surface area contributed by atoms with Gasteiger partial charge in [0.2, 0.25) is 0 Å². The van der Waals surface area contributed by atoms with E-state index in [1.54, 1.807) is 19.1 Å². The highest BCUT2D eigenvalue weighted by atomic mass is 35.5. The topological polar surface area (TPSA) is 46.2 Å². The standard InChI is InChI=1S/C15H15ClFNO2S/c1-11-2-5-13(17)10-15(11)18-21(19,20)14-6-3-12(4-7-14)8-9-16/h2-7,10,18H,8-9H2,1H3. The van der Waals surface area contributed by atoms with Crippen LogP contribution < -0.4 is 4.72 Å². The maximum atomic E-state index is 13.2. The number of hydrogen-bond donors (Lipinski definition) is 1. The first-order valence-electron chi connectivity index (χ1n) is 6.36. The number of nitrogens with one attached hydrogen (secondary N) is 1. The second kappa shape index (κ2) is 6.45. The van der Waals surface area contributed by atoms with Crippen LogP contribution in [0.25, 0.3) is 0 Å². The molecule has 6 heteroatoms. The predicted molar refractivity (Wildman–Crippen MR) is 82.8 cm³/mol. The molecular weight excluding hydrogens is 313 g/mol. The van der Waals surface area contributed by atoms with Gasteiger partial charge >= 0.3 is 0 Å². The summed E-state index contributed by atoms with van der Waals surface area (Å²) < 4.78 is 40.2. The molecule has 0 saturated carbocycles. The number of alkyl halides is 1. The molecule has 2 aromatic rings. The van der Waals surface area contributed by atoms with Crippen molar-refractivity contribution in [1.29, 1.82) is 0 Å². The summed E-state index contributed by atoms with van der Waals surface area (Å²) in [5.74, 6) is -0.0110. The SMILES string of the molecule is Cc1ccc(F)cc1NS(=O)(=O)c1ccc(CCCl)cc1. The molecule has 0 aliphatic heterocycles. The zero-order valence-electron chi connectivity index (χ0n) is 11.4. The van der Waals surface area contributed by atoms with Gasteiger partial charge in [0.25, 0.3) is 10.0 Å². The van der Waals surface area contributed by atoms with E-state index in [2.05, 4.69) is 4.72 Å². The number of halogens is 2. The van der Waals surface area contributed by atoms with Crippen LogP contribution in [-0.4, -0.2) is 14.3 Å². The van der Waals surface area contributed by atoms with Crippen LogP contribution in [0.2, 0.25) is 0 Å². The van der Waals surface area contributed by atoms with Crippen LogP contribution in [0.4, 0.5) is 10.1 Å². The fourth-order valence-electron chi connectivity index (χ4n) is 1.85. The van der Waals surface area contributed by atoms with Crippen molar-refractivity contribution in [3.63, 3.8) is 0 Å². The molecule has 0 fully saturated rings. The van der Waals surface area contributed by atoms with Gasteiger partial charge in [-0.1, -0.05) is 18.2 Å². The minimum atomic E-state index is -3.73. The van der Waals surface area contributed by atoms with Crippen LogP contribution in [0.15, 0.2) is 47.4 Å². The Morgan fingerprint density at radius 1 is 1.14 bits per heavy atom. The first-order chi connectivity index (χ1) is 9.92. The fourth-order valence-corrected chi connectivity index (χ4v) is 3.19. The monoisotopic (exact) mass is 327 g/mol. The van der Waals surface area contributed by atoms with Crippen molar-refractivity contribution in [2.24, 2.45) is 0 Å². The lowest BCUT2D eigenvalue weighted by Gasteiger charge is -2.11. The highest BCUT2D eigenvalue weighted by Crippen LogP contribution is 2.21. The maximum Gasteiger partial charge on any atom is 0.261 e. The molecule has 112 valence electrons. The predicted octanol–water partition coefficient (Wildman–Crippen LogP) is 3.72. The first-order valence-corrected chi connectivity index (χ1v) is 8.38. The summed E-state index contributed by atoms with van der Waals surface area (Å²) in [6, 6.07) is 10.4. The number of sulfonamides is 1. The molecule has 0 aliphatic carbocycles. The summed E-state index contributed by atoms with van der Waals surface area (Å²) in [6.45, 7) is 1.71. The number of hydrogen-bond acceptors (Lipinski definition) is 2. The Labute approximate surface area is 128 Å². The highest BCUT2D eigenvalue weighted by molar-refractivity contribution is 7.92. The Bertz CT molecular complexity index is 730. The molecule has 0 saturated heterocycles. The van der Waals surface area contributed by atoms with Crippen molar-refractivity contribution < 1.29 is 12.8 Å². The molecule has 0 spiro atoms. The van der Waals surface area contributed by atoms with Crippen molar-refractivity contribution in [2.75, 3.05) is 10.6 Å². The Kier molecular flexibility index (Phi) is 4.85. The van der Waals surface area contributed by atoms with E-state index in [-0.39, 0.29) is 10.6 Å². The van der Waals surface area contributed by atoms with Crippen LogP contribution in [0.1, 0.15) is 11.1 Å². The van der Waals surface area contributed by atoms with Gasteiger partial charge in [0.1, 0.15) is 5.82 Å². The van der Waals surface area contributed by atoms with Gasteiger partial charge in [-0.2, -0.15) is 0 Å². The first kappa shape index (κ1) is 15.8. The summed E-state index contributed by atoms with van der Waals surface area (Å²) in [5, 5.41) is 0. The molecule has 2 aromatic carbocycles. The van der Waals surface area contributed by atoms with E-state index in [1.165, 1.54) is 24.3 Å². The van der Waals surface area contributed by atoms with Crippen molar-refractivity contribution in [3.8, 4) is 0 Å². The van der Waals surface area contributed by atoms with Crippen molar-refractivity contribution in [1.82, 2.24) is 0 Å². The summed E-state index contributed by atoms with van der Waals surface area (Å²) in [4.78, 5) is 0.129. The lowest BCUT2D eigenvalue weighted by Crippen LogP contribution is -2.14. The van der Waals surface area contributed by atoms with E-state index in [4.69, 9.17) is 11.6 Å². The summed E-state index contributed by atoms with van der Waals surface area (Å²) in [6.07, 6.45) is 0.679. The van der Waals surface area contributed by atoms with Crippen LogP contribution in [0.3, 0.4) is 0 Å². The molecule has 0 amide bonds. The van der Waals surface area contributed by atoms with Crippen LogP contribution in [-0.2, 0) is 16.4 Å². The third kappa shape index (κ3) is 3.95. The molecule has 0 bridgehead atoms. The normalized spacial score (nSPS) is 11.4. The summed E-state index contributed by atoms with van der Waals surface area (Å²) in [7, 11) is -3.73. The smallest absolute Gasteiger partial charge is 0.261 e. The molecule has 2 rings (SSSR count). The third-order valence-electron chi connectivity index (χ3n) is 3.06. The largest absolute Gasteiger partial charge is 0.279 e. The molecule has 0 aromatic heterocycles. The summed E-state index contributed by atoms with van der Waals surface area (Å²) >= 11 is 5.64. The van der Waals surface area contributed by atoms with Gasteiger partial charge < -0.3 is 0 Å². The molecule has 0 radical (unpaired) electrons. The van der Waals surface area contributed by atoms with Crippen LogP contribution in [0.5, 0.6) is 0 Å². The molecule has 0 atom stereocenters. The highest BCUT2D eigenvalue weighted by Gasteiger charge is 2.15. The molecule has 1 N–H and O–H groups in total. The van der Waals surface area contributed by atoms with Gasteiger partial charge in [-0.25, -0.2) is 12.8 Å². The molecule has 0 unspecified atom stereocenters. The lowest BCUT2D eigenvalue weighted by molar-refractivity contribution is 0.601. The number of aryl methyl sites for hydroxylation is 2. The van der Waals surface area contributed by atoms with Crippen molar-refractivity contribution in [3.05, 3.63) is 59.4 Å². The quantitative estimate of drug-likeness (QED) is 0.851. The second-order valence-electron chi connectivity index (χ2n) is 4.65. The van der Waals surface area contributed by atoms with E-state index in [9.17, 15) is 12.8 Å². The Hall–Kier alpha value is -1.59.